The van der Waals surface area contributed by atoms with Crippen LogP contribution in [0, 0.1) is 0 Å². The van der Waals surface area contributed by atoms with Crippen LogP contribution in [0.15, 0.2) is 24.3 Å². The number of hydrogen-bond acceptors (Lipinski definition) is 4. The van der Waals surface area contributed by atoms with E-state index in [1.807, 2.05) is 11.8 Å². The van der Waals surface area contributed by atoms with E-state index in [0.29, 0.717) is 52.4 Å². The van der Waals surface area contributed by atoms with Crippen molar-refractivity contribution in [1.29, 1.82) is 0 Å². The summed E-state index contributed by atoms with van der Waals surface area (Å²) >= 11 is 0. The molecule has 0 N–H and O–H groups in total. The molecule has 0 saturated carbocycles. The number of benzene rings is 1. The highest BCUT2D eigenvalue weighted by atomic mass is 19.4. The summed E-state index contributed by atoms with van der Waals surface area (Å²) in [6.45, 7) is 7.25. The lowest BCUT2D eigenvalue weighted by molar-refractivity contribution is -0.142. The van der Waals surface area contributed by atoms with Gasteiger partial charge < -0.3 is 14.7 Å². The van der Waals surface area contributed by atoms with E-state index in [1.165, 1.54) is 19.1 Å². The lowest BCUT2D eigenvalue weighted by atomic mass is 10.1. The SMILES string of the molecule is CC(=O)N1CCN(C(=O)C(C)N2CCN(C(=O)c3ccc(C(F)(F)F)cc3)CC2)CC1. The van der Waals surface area contributed by atoms with Gasteiger partial charge in [-0.1, -0.05) is 0 Å². The highest BCUT2D eigenvalue weighted by molar-refractivity contribution is 5.94. The first-order valence-electron chi connectivity index (χ1n) is 10.3. The zero-order chi connectivity index (χ0) is 22.8. The van der Waals surface area contributed by atoms with E-state index in [9.17, 15) is 27.6 Å². The Morgan fingerprint density at radius 2 is 1.29 bits per heavy atom. The maximum absolute atomic E-state index is 12.8. The third kappa shape index (κ3) is 5.36. The molecule has 31 heavy (non-hydrogen) atoms. The van der Waals surface area contributed by atoms with Crippen molar-refractivity contribution in [3.63, 3.8) is 0 Å². The van der Waals surface area contributed by atoms with E-state index < -0.39 is 11.7 Å². The normalized spacial score (nSPS) is 19.3. The quantitative estimate of drug-likeness (QED) is 0.716. The monoisotopic (exact) mass is 440 g/mol. The molecule has 0 aliphatic carbocycles. The van der Waals surface area contributed by atoms with Gasteiger partial charge in [0, 0.05) is 64.8 Å². The predicted molar refractivity (Wildman–Crippen MR) is 107 cm³/mol. The molecule has 2 heterocycles. The van der Waals surface area contributed by atoms with E-state index in [-0.39, 0.29) is 29.3 Å². The summed E-state index contributed by atoms with van der Waals surface area (Å²) in [5.41, 5.74) is -0.570. The van der Waals surface area contributed by atoms with Gasteiger partial charge in [-0.15, -0.1) is 0 Å². The molecule has 2 fully saturated rings. The molecule has 7 nitrogen and oxygen atoms in total. The summed E-state index contributed by atoms with van der Waals surface area (Å²) in [4.78, 5) is 44.0. The van der Waals surface area contributed by atoms with Crippen LogP contribution >= 0.6 is 0 Å². The second kappa shape index (κ2) is 9.25. The van der Waals surface area contributed by atoms with Crippen LogP contribution in [0.25, 0.3) is 0 Å². The number of nitrogens with zero attached hydrogens (tertiary/aromatic N) is 4. The van der Waals surface area contributed by atoms with Crippen molar-refractivity contribution in [1.82, 2.24) is 19.6 Å². The fourth-order valence-electron chi connectivity index (χ4n) is 3.96. The molecule has 170 valence electrons. The van der Waals surface area contributed by atoms with Crippen LogP contribution in [0.5, 0.6) is 0 Å². The largest absolute Gasteiger partial charge is 0.416 e. The molecule has 1 aromatic rings. The Balaban J connectivity index is 1.51. The zero-order valence-corrected chi connectivity index (χ0v) is 17.7. The molecular weight excluding hydrogens is 413 g/mol. The number of alkyl halides is 3. The Morgan fingerprint density at radius 1 is 0.806 bits per heavy atom. The maximum Gasteiger partial charge on any atom is 0.416 e. The molecule has 2 saturated heterocycles. The number of carbonyl (C=O) groups excluding carboxylic acids is 3. The first-order valence-corrected chi connectivity index (χ1v) is 10.3. The summed E-state index contributed by atoms with van der Waals surface area (Å²) in [5.74, 6) is -0.299. The van der Waals surface area contributed by atoms with Crippen molar-refractivity contribution in [2.24, 2.45) is 0 Å². The molecule has 2 aliphatic rings. The summed E-state index contributed by atoms with van der Waals surface area (Å²) in [5, 5.41) is 0. The molecule has 0 bridgehead atoms. The molecule has 1 unspecified atom stereocenters. The number of carbonyl (C=O) groups is 3. The van der Waals surface area contributed by atoms with Crippen LogP contribution in [0.1, 0.15) is 29.8 Å². The van der Waals surface area contributed by atoms with Gasteiger partial charge in [-0.25, -0.2) is 0 Å². The second-order valence-corrected chi connectivity index (χ2v) is 7.91. The number of halogens is 3. The van der Waals surface area contributed by atoms with E-state index in [1.54, 1.807) is 14.7 Å². The average molecular weight is 440 g/mol. The molecular formula is C21H27F3N4O3. The van der Waals surface area contributed by atoms with Gasteiger partial charge in [0.05, 0.1) is 11.6 Å². The van der Waals surface area contributed by atoms with Gasteiger partial charge in [0.1, 0.15) is 0 Å². The Kier molecular flexibility index (Phi) is 6.88. The van der Waals surface area contributed by atoms with Crippen molar-refractivity contribution in [3.05, 3.63) is 35.4 Å². The van der Waals surface area contributed by atoms with Crippen LogP contribution in [0.4, 0.5) is 13.2 Å². The number of hydrogen-bond donors (Lipinski definition) is 0. The highest BCUT2D eigenvalue weighted by Gasteiger charge is 2.33. The van der Waals surface area contributed by atoms with E-state index in [0.717, 1.165) is 12.1 Å². The Hall–Kier alpha value is -2.62. The van der Waals surface area contributed by atoms with Crippen LogP contribution in [-0.4, -0.2) is 95.7 Å². The van der Waals surface area contributed by atoms with Crippen LogP contribution in [-0.2, 0) is 15.8 Å². The summed E-state index contributed by atoms with van der Waals surface area (Å²) in [6, 6.07) is 3.88. The average Bonchev–Trinajstić information content (AvgIpc) is 2.77. The molecule has 1 aromatic carbocycles. The lowest BCUT2D eigenvalue weighted by Gasteiger charge is -2.41. The molecule has 3 rings (SSSR count). The molecule has 0 radical (unpaired) electrons. The minimum absolute atomic E-state index is 0.00529. The number of piperazine rings is 2. The third-order valence-corrected chi connectivity index (χ3v) is 6.00. The third-order valence-electron chi connectivity index (χ3n) is 6.00. The molecule has 2 aliphatic heterocycles. The van der Waals surface area contributed by atoms with Gasteiger partial charge in [0.15, 0.2) is 0 Å². The van der Waals surface area contributed by atoms with E-state index in [2.05, 4.69) is 0 Å². The molecule has 3 amide bonds. The number of rotatable bonds is 3. The van der Waals surface area contributed by atoms with Crippen molar-refractivity contribution in [2.45, 2.75) is 26.1 Å². The fourth-order valence-corrected chi connectivity index (χ4v) is 3.96. The Morgan fingerprint density at radius 3 is 1.77 bits per heavy atom. The smallest absolute Gasteiger partial charge is 0.339 e. The molecule has 0 spiro atoms. The van der Waals surface area contributed by atoms with Gasteiger partial charge in [-0.3, -0.25) is 19.3 Å². The van der Waals surface area contributed by atoms with Crippen molar-refractivity contribution < 1.29 is 27.6 Å². The lowest BCUT2D eigenvalue weighted by Crippen LogP contribution is -2.58. The Bertz CT molecular complexity index is 812. The van der Waals surface area contributed by atoms with Crippen LogP contribution < -0.4 is 0 Å². The van der Waals surface area contributed by atoms with Gasteiger partial charge in [0.2, 0.25) is 11.8 Å². The first-order chi connectivity index (χ1) is 14.6. The van der Waals surface area contributed by atoms with Gasteiger partial charge in [0.25, 0.3) is 5.91 Å². The van der Waals surface area contributed by atoms with E-state index in [4.69, 9.17) is 0 Å². The molecule has 1 atom stereocenters. The summed E-state index contributed by atoms with van der Waals surface area (Å²) < 4.78 is 38.1. The van der Waals surface area contributed by atoms with Gasteiger partial charge >= 0.3 is 6.18 Å². The van der Waals surface area contributed by atoms with Crippen molar-refractivity contribution in [2.75, 3.05) is 52.4 Å². The second-order valence-electron chi connectivity index (χ2n) is 7.91. The van der Waals surface area contributed by atoms with E-state index >= 15 is 0 Å². The van der Waals surface area contributed by atoms with Crippen LogP contribution in [0.2, 0.25) is 0 Å². The van der Waals surface area contributed by atoms with Crippen LogP contribution in [0.3, 0.4) is 0 Å². The van der Waals surface area contributed by atoms with Gasteiger partial charge in [-0.2, -0.15) is 13.2 Å². The standard InChI is InChI=1S/C21H27F3N4O3/c1-15(19(30)27-13-9-26(10-14-27)16(2)29)25-7-11-28(12-8-25)20(31)17-3-5-18(6-4-17)21(22,23)24/h3-6,15H,7-14H2,1-2H3. The predicted octanol–water partition coefficient (Wildman–Crippen LogP) is 1.54. The summed E-state index contributed by atoms with van der Waals surface area (Å²) in [6.07, 6.45) is -4.44. The first kappa shape index (κ1) is 23.1. The highest BCUT2D eigenvalue weighted by Crippen LogP contribution is 2.29. The van der Waals surface area contributed by atoms with Gasteiger partial charge in [-0.05, 0) is 31.2 Å². The van der Waals surface area contributed by atoms with Crippen molar-refractivity contribution in [3.8, 4) is 0 Å². The topological polar surface area (TPSA) is 64.2 Å². The summed E-state index contributed by atoms with van der Waals surface area (Å²) in [7, 11) is 0. The molecule has 10 heteroatoms. The minimum Gasteiger partial charge on any atom is -0.339 e. The fraction of sp³-hybridized carbons (Fsp3) is 0.571. The number of amides is 3. The molecule has 0 aromatic heterocycles. The zero-order valence-electron chi connectivity index (χ0n) is 17.7. The maximum atomic E-state index is 12.8. The Labute approximate surface area is 179 Å². The van der Waals surface area contributed by atoms with Crippen molar-refractivity contribution >= 4 is 17.7 Å². The minimum atomic E-state index is -4.44.